The Labute approximate surface area is 276 Å². The van der Waals surface area contributed by atoms with E-state index in [1.165, 1.54) is 38.4 Å². The first-order chi connectivity index (χ1) is 23.8. The van der Waals surface area contributed by atoms with Crippen LogP contribution in [-0.4, -0.2) is 23.3 Å². The minimum atomic E-state index is 1.11. The summed E-state index contributed by atoms with van der Waals surface area (Å²) in [5.74, 6) is 0. The second kappa shape index (κ2) is 10.5. The predicted octanol–water partition coefficient (Wildman–Crippen LogP) is 10.5. The molecule has 0 N–H and O–H groups in total. The molecule has 0 saturated carbocycles. The number of pyridine rings is 1. The highest BCUT2D eigenvalue weighted by atomic mass is 15.1. The number of aromatic nitrogens is 5. The molecule has 0 unspecified atom stereocenters. The van der Waals surface area contributed by atoms with E-state index in [1.54, 1.807) is 0 Å². The highest BCUT2D eigenvalue weighted by Crippen LogP contribution is 2.36. The standard InChI is InChI=1S/C43H29N5/c1-3-9-32(10-4-1)45-27-24-37-36-13-7-8-14-40(36)47(42(37)45)34-19-15-30(16-20-34)31-17-21-35(22-18-31)48-41-23-26-44-29-39(41)38-25-28-46(43(38)48)33-11-5-2-6-12-33/h1-29H. The molecule has 0 fully saturated rings. The number of hydrogen-bond donors (Lipinski definition) is 0. The normalized spacial score (nSPS) is 11.8. The van der Waals surface area contributed by atoms with Crippen LogP contribution in [0.5, 0.6) is 0 Å². The summed E-state index contributed by atoms with van der Waals surface area (Å²) in [6.07, 6.45) is 8.17. The van der Waals surface area contributed by atoms with Crippen LogP contribution in [0.25, 0.3) is 77.7 Å². The van der Waals surface area contributed by atoms with E-state index in [4.69, 9.17) is 0 Å². The summed E-state index contributed by atoms with van der Waals surface area (Å²) in [7, 11) is 0. The second-order valence-corrected chi connectivity index (χ2v) is 12.2. The highest BCUT2D eigenvalue weighted by molar-refractivity contribution is 6.09. The van der Waals surface area contributed by atoms with E-state index in [0.717, 1.165) is 39.3 Å². The van der Waals surface area contributed by atoms with Crippen LogP contribution in [0.2, 0.25) is 0 Å². The number of nitrogens with zero attached hydrogens (tertiary/aromatic N) is 5. The highest BCUT2D eigenvalue weighted by Gasteiger charge is 2.18. The van der Waals surface area contributed by atoms with Crippen molar-refractivity contribution in [1.29, 1.82) is 0 Å². The zero-order valence-corrected chi connectivity index (χ0v) is 26.0. The van der Waals surface area contributed by atoms with Crippen LogP contribution in [0.15, 0.2) is 176 Å². The molecule has 5 heteroatoms. The van der Waals surface area contributed by atoms with Crippen molar-refractivity contribution < 1.29 is 0 Å². The summed E-state index contributed by atoms with van der Waals surface area (Å²) < 4.78 is 9.27. The van der Waals surface area contributed by atoms with E-state index in [2.05, 4.69) is 187 Å². The van der Waals surface area contributed by atoms with Crippen LogP contribution in [0.1, 0.15) is 0 Å². The summed E-state index contributed by atoms with van der Waals surface area (Å²) in [5.41, 5.74) is 11.5. The maximum atomic E-state index is 4.46. The van der Waals surface area contributed by atoms with Gasteiger partial charge in [-0.1, -0.05) is 78.9 Å². The Morgan fingerprint density at radius 2 is 0.833 bits per heavy atom. The third kappa shape index (κ3) is 3.94. The molecule has 5 aromatic carbocycles. The fourth-order valence-electron chi connectivity index (χ4n) is 7.36. The molecule has 0 amide bonds. The van der Waals surface area contributed by atoms with E-state index in [9.17, 15) is 0 Å². The van der Waals surface area contributed by atoms with Gasteiger partial charge in [-0.3, -0.25) is 14.1 Å². The molecule has 5 nitrogen and oxygen atoms in total. The molecule has 0 aliphatic carbocycles. The van der Waals surface area contributed by atoms with Gasteiger partial charge in [0.05, 0.1) is 11.0 Å². The molecule has 0 radical (unpaired) electrons. The summed E-state index contributed by atoms with van der Waals surface area (Å²) >= 11 is 0. The summed E-state index contributed by atoms with van der Waals surface area (Å²) in [6.45, 7) is 0. The molecule has 0 aliphatic heterocycles. The molecule has 10 rings (SSSR count). The lowest BCUT2D eigenvalue weighted by Crippen LogP contribution is -2.01. The van der Waals surface area contributed by atoms with Crippen molar-refractivity contribution in [3.8, 4) is 33.9 Å². The molecule has 0 aliphatic rings. The van der Waals surface area contributed by atoms with Gasteiger partial charge >= 0.3 is 0 Å². The van der Waals surface area contributed by atoms with Crippen molar-refractivity contribution in [3.05, 3.63) is 176 Å². The predicted molar refractivity (Wildman–Crippen MR) is 197 cm³/mol. The molecule has 48 heavy (non-hydrogen) atoms. The van der Waals surface area contributed by atoms with Crippen LogP contribution in [-0.2, 0) is 0 Å². The Kier molecular flexibility index (Phi) is 5.81. The number of hydrogen-bond acceptors (Lipinski definition) is 1. The molecule has 0 spiro atoms. The average Bonchev–Trinajstić information content (AvgIpc) is 3.93. The zero-order chi connectivity index (χ0) is 31.6. The molecule has 0 bridgehead atoms. The van der Waals surface area contributed by atoms with Gasteiger partial charge in [-0.25, -0.2) is 0 Å². The molecular weight excluding hydrogens is 587 g/mol. The lowest BCUT2D eigenvalue weighted by molar-refractivity contribution is 1.04. The monoisotopic (exact) mass is 615 g/mol. The molecule has 5 heterocycles. The fraction of sp³-hybridized carbons (Fsp3) is 0. The summed E-state index contributed by atoms with van der Waals surface area (Å²) in [6, 6.07) is 54.1. The van der Waals surface area contributed by atoms with Gasteiger partial charge in [-0.2, -0.15) is 0 Å². The lowest BCUT2D eigenvalue weighted by atomic mass is 10.0. The van der Waals surface area contributed by atoms with E-state index in [1.807, 2.05) is 12.4 Å². The maximum absolute atomic E-state index is 4.46. The van der Waals surface area contributed by atoms with Crippen LogP contribution in [0, 0.1) is 0 Å². The van der Waals surface area contributed by atoms with Crippen molar-refractivity contribution >= 4 is 43.9 Å². The second-order valence-electron chi connectivity index (χ2n) is 12.2. The molecule has 10 aromatic rings. The number of rotatable bonds is 5. The Hall–Kier alpha value is -6.59. The first-order valence-electron chi connectivity index (χ1n) is 16.2. The first kappa shape index (κ1) is 26.6. The molecular formula is C43H29N5. The minimum Gasteiger partial charge on any atom is -0.302 e. The molecule has 226 valence electrons. The molecule has 0 saturated heterocycles. The zero-order valence-electron chi connectivity index (χ0n) is 26.0. The topological polar surface area (TPSA) is 32.6 Å². The van der Waals surface area contributed by atoms with Crippen LogP contribution in [0.4, 0.5) is 0 Å². The van der Waals surface area contributed by atoms with Gasteiger partial charge in [0.1, 0.15) is 11.3 Å². The third-order valence-corrected chi connectivity index (χ3v) is 9.56. The van der Waals surface area contributed by atoms with Crippen LogP contribution < -0.4 is 0 Å². The van der Waals surface area contributed by atoms with Crippen LogP contribution in [0.3, 0.4) is 0 Å². The van der Waals surface area contributed by atoms with Crippen molar-refractivity contribution in [2.75, 3.05) is 0 Å². The SMILES string of the molecule is c1ccc(-n2ccc3c4ccccc4n(-c4ccc(-c5ccc(-n6c7ccncc7c7ccn(-c8ccccc8)c76)cc5)cc4)c32)cc1. The third-order valence-electron chi connectivity index (χ3n) is 9.56. The van der Waals surface area contributed by atoms with Gasteiger partial charge in [0.15, 0.2) is 0 Å². The van der Waals surface area contributed by atoms with Crippen molar-refractivity contribution in [1.82, 2.24) is 23.3 Å². The van der Waals surface area contributed by atoms with Gasteiger partial charge in [0, 0.05) is 69.1 Å². The average molecular weight is 616 g/mol. The fourth-order valence-corrected chi connectivity index (χ4v) is 7.36. The van der Waals surface area contributed by atoms with Gasteiger partial charge in [0.25, 0.3) is 0 Å². The minimum absolute atomic E-state index is 1.11. The van der Waals surface area contributed by atoms with E-state index >= 15 is 0 Å². The van der Waals surface area contributed by atoms with Gasteiger partial charge < -0.3 is 9.13 Å². The van der Waals surface area contributed by atoms with Crippen molar-refractivity contribution in [3.63, 3.8) is 0 Å². The maximum Gasteiger partial charge on any atom is 0.130 e. The Bertz CT molecular complexity index is 2550. The van der Waals surface area contributed by atoms with Gasteiger partial charge in [-0.05, 0) is 83.9 Å². The lowest BCUT2D eigenvalue weighted by Gasteiger charge is -2.13. The van der Waals surface area contributed by atoms with Gasteiger partial charge in [-0.15, -0.1) is 0 Å². The van der Waals surface area contributed by atoms with E-state index < -0.39 is 0 Å². The molecule has 5 aromatic heterocycles. The van der Waals surface area contributed by atoms with Crippen molar-refractivity contribution in [2.45, 2.75) is 0 Å². The number of para-hydroxylation sites is 3. The summed E-state index contributed by atoms with van der Waals surface area (Å²) in [4.78, 5) is 4.46. The van der Waals surface area contributed by atoms with Crippen LogP contribution >= 0.6 is 0 Å². The Balaban J connectivity index is 1.06. The van der Waals surface area contributed by atoms with Gasteiger partial charge in [0.2, 0.25) is 0 Å². The smallest absolute Gasteiger partial charge is 0.130 e. The summed E-state index contributed by atoms with van der Waals surface area (Å²) in [5, 5.41) is 4.83. The first-order valence-corrected chi connectivity index (χ1v) is 16.2. The largest absolute Gasteiger partial charge is 0.302 e. The van der Waals surface area contributed by atoms with E-state index in [-0.39, 0.29) is 0 Å². The number of fused-ring (bicyclic) bond motifs is 6. The quantitative estimate of drug-likeness (QED) is 0.190. The molecule has 0 atom stereocenters. The van der Waals surface area contributed by atoms with E-state index in [0.29, 0.717) is 0 Å². The number of benzene rings is 5. The Morgan fingerprint density at radius 3 is 1.40 bits per heavy atom. The Morgan fingerprint density at radius 1 is 0.354 bits per heavy atom. The van der Waals surface area contributed by atoms with Crippen molar-refractivity contribution in [2.24, 2.45) is 0 Å².